The zero-order valence-electron chi connectivity index (χ0n) is 40.5. The Bertz CT molecular complexity index is 2110. The Labute approximate surface area is 451 Å². The number of nitrogens with two attached hydrogens (primary N) is 1. The first-order chi connectivity index (χ1) is 28.9. The molecule has 2 amide bonds. The normalized spacial score (nSPS) is 13.2. The molecule has 0 aliphatic heterocycles. The van der Waals surface area contributed by atoms with E-state index in [1.165, 1.54) is 0 Å². The van der Waals surface area contributed by atoms with Crippen LogP contribution in [0.4, 0.5) is 9.59 Å². The van der Waals surface area contributed by atoms with Gasteiger partial charge in [-0.2, -0.15) is 25.3 Å². The van der Waals surface area contributed by atoms with Crippen molar-refractivity contribution in [3.8, 4) is 0 Å². The van der Waals surface area contributed by atoms with E-state index in [1.54, 1.807) is 48.5 Å². The van der Waals surface area contributed by atoms with Gasteiger partial charge in [-0.05, 0) is 67.3 Å². The summed E-state index contributed by atoms with van der Waals surface area (Å²) in [5.74, 6) is -3.13. The van der Waals surface area contributed by atoms with Gasteiger partial charge in [-0.1, -0.05) is 41.5 Å². The number of nitrogens with one attached hydrogen (secondary N) is 2. The summed E-state index contributed by atoms with van der Waals surface area (Å²) in [6.45, 7) is 21.7. The molecule has 0 fully saturated rings. The number of hydrogen-bond donors (Lipinski definition) is 5. The summed E-state index contributed by atoms with van der Waals surface area (Å²) in [6.07, 6.45) is -1.68. The zero-order chi connectivity index (χ0) is 53.5. The van der Waals surface area contributed by atoms with Crippen LogP contribution in [0.15, 0.2) is 0 Å². The summed E-state index contributed by atoms with van der Waals surface area (Å²) in [7, 11) is -13.9. The molecule has 0 rings (SSSR count). The molecule has 0 aromatic carbocycles. The van der Waals surface area contributed by atoms with Crippen molar-refractivity contribution in [2.75, 3.05) is 74.0 Å². The molecule has 0 aliphatic carbocycles. The molecule has 0 aromatic rings. The van der Waals surface area contributed by atoms with E-state index in [9.17, 15) is 64.6 Å². The maximum atomic E-state index is 11.7. The van der Waals surface area contributed by atoms with Crippen molar-refractivity contribution in [2.45, 2.75) is 114 Å². The molecule has 67 heavy (non-hydrogen) atoms. The Kier molecular flexibility index (Phi) is 36.8. The van der Waals surface area contributed by atoms with Gasteiger partial charge in [0, 0.05) is 63.1 Å². The van der Waals surface area contributed by atoms with Gasteiger partial charge in [-0.25, -0.2) is 34.8 Å². The first-order valence-electron chi connectivity index (χ1n) is 19.6. The summed E-state index contributed by atoms with van der Waals surface area (Å²) in [4.78, 5) is 22.8. The summed E-state index contributed by atoms with van der Waals surface area (Å²) in [5, 5.41) is 14.1. The predicted molar refractivity (Wildman–Crippen MR) is 250 cm³/mol. The number of halogens is 2. The molecule has 400 valence electrons. The van der Waals surface area contributed by atoms with E-state index in [0.717, 1.165) is 0 Å². The van der Waals surface area contributed by atoms with Crippen LogP contribution >= 0.6 is 21.4 Å². The number of carbonyl (C=O) groups is 2. The van der Waals surface area contributed by atoms with E-state index in [0.29, 0.717) is 6.54 Å². The van der Waals surface area contributed by atoms with Crippen LogP contribution in [0.25, 0.3) is 0 Å². The van der Waals surface area contributed by atoms with Gasteiger partial charge in [0.15, 0.2) is 0 Å². The number of hydrogen-bond acceptors (Lipinski definition) is 21. The van der Waals surface area contributed by atoms with Crippen molar-refractivity contribution < 1.29 is 144 Å². The van der Waals surface area contributed by atoms with Crippen LogP contribution in [0.2, 0.25) is 0 Å². The van der Waals surface area contributed by atoms with Crippen LogP contribution in [-0.2, 0) is 76.4 Å². The van der Waals surface area contributed by atoms with E-state index in [1.807, 2.05) is 34.6 Å². The number of rotatable bonds is 24. The second-order valence-corrected chi connectivity index (χ2v) is 31.1. The van der Waals surface area contributed by atoms with Crippen molar-refractivity contribution in [1.29, 1.82) is 0 Å². The molecule has 0 unspecified atom stereocenters. The number of aliphatic hydroxyl groups is 1. The van der Waals surface area contributed by atoms with E-state index in [2.05, 4.69) is 10.6 Å². The quantitative estimate of drug-likeness (QED) is 0.0351. The van der Waals surface area contributed by atoms with E-state index in [4.69, 9.17) is 54.6 Å². The van der Waals surface area contributed by atoms with Crippen LogP contribution < -0.4 is 67.8 Å². The van der Waals surface area contributed by atoms with E-state index in [-0.39, 0.29) is 120 Å². The molecule has 6 N–H and O–H groups in total. The fraction of sp³-hybridized carbons (Fsp3) is 0.941. The van der Waals surface area contributed by atoms with Crippen LogP contribution in [0, 0.1) is 16.2 Å². The molecule has 0 aliphatic rings. The van der Waals surface area contributed by atoms with Gasteiger partial charge in [0.2, 0.25) is 18.1 Å². The Balaban J connectivity index is -0.000000264. The third-order valence-electron chi connectivity index (χ3n) is 6.82. The fourth-order valence-electron chi connectivity index (χ4n) is 3.27. The molecule has 0 spiro atoms. The molecule has 0 atom stereocenters. The molecule has 0 aromatic heterocycles. The van der Waals surface area contributed by atoms with Crippen LogP contribution in [-0.4, -0.2) is 162 Å². The number of amides is 2. The molecular formula is C34H72Cl2KN3O21S6. The third kappa shape index (κ3) is 62.3. The van der Waals surface area contributed by atoms with Crippen molar-refractivity contribution in [3.63, 3.8) is 0 Å². The molecule has 0 heterocycles. The smallest absolute Gasteiger partial charge is 0.748 e. The van der Waals surface area contributed by atoms with Gasteiger partial charge in [0.05, 0.1) is 52.1 Å². The minimum Gasteiger partial charge on any atom is -0.748 e. The minimum absolute atomic E-state index is 0. The van der Waals surface area contributed by atoms with E-state index >= 15 is 0 Å². The average Bonchev–Trinajstić information content (AvgIpc) is 3.05. The maximum absolute atomic E-state index is 11.7. The topological polar surface area (TPSA) is 389 Å². The maximum Gasteiger partial charge on any atom is 1.00 e. The number of aliphatic hydroxyl groups excluding tert-OH is 1. The van der Waals surface area contributed by atoms with Crippen LogP contribution in [0.3, 0.4) is 0 Å². The van der Waals surface area contributed by atoms with Crippen molar-refractivity contribution in [3.05, 3.63) is 0 Å². The Morgan fingerprint density at radius 1 is 0.552 bits per heavy atom. The summed E-state index contributed by atoms with van der Waals surface area (Å²) in [6, 6.07) is 0. The standard InChI is InChI=1S/C13H27NO8S2.C10H21NO3.C8H19NO6S2.C3H6Cl2O4S2.K/c1-12(2,3)22-11(15)14-9-13(4,5)10-21-24(19,20)8-6-7-23(16,17)18;1-9(2,3)14-8(13)11-6-10(4,5)7-12;1-8(2,6-9)7-15-17(13,14)5-3-4-16(10,11)12;4-10(6,7)2-1-3-11(5,8)9;/h6-10H2,1-5H3,(H,14,15)(H,16,17,18);12H,6-7H2,1-5H3,(H,11,13);3-7,9H2,1-2H3,(H,10,11,12);1-3H2;/q;;;;+1/p-1. The van der Waals surface area contributed by atoms with Crippen molar-refractivity contribution >= 4 is 92.1 Å². The van der Waals surface area contributed by atoms with Gasteiger partial charge in [-0.15, -0.1) is 0 Å². The van der Waals surface area contributed by atoms with E-state index < -0.39 is 116 Å². The Hall–Kier alpha value is 0.216. The number of carbonyl (C=O) groups excluding carboxylic acids is 2. The predicted octanol–water partition coefficient (Wildman–Crippen LogP) is -0.538. The summed E-state index contributed by atoms with van der Waals surface area (Å²) < 4.78 is 167. The molecule has 0 radical (unpaired) electrons. The van der Waals surface area contributed by atoms with Gasteiger partial charge in [-0.3, -0.25) is 12.9 Å². The van der Waals surface area contributed by atoms with Crippen molar-refractivity contribution in [2.24, 2.45) is 22.0 Å². The molecular weight excluding hydrogens is 1090 g/mol. The molecule has 0 saturated heterocycles. The minimum atomic E-state index is -4.45. The van der Waals surface area contributed by atoms with Gasteiger partial charge < -0.3 is 35.5 Å². The fourth-order valence-corrected chi connectivity index (χ4v) is 8.68. The Morgan fingerprint density at radius 3 is 1.15 bits per heavy atom. The number of ether oxygens (including phenoxy) is 2. The third-order valence-corrected chi connectivity index (χ3v) is 13.4. The second-order valence-electron chi connectivity index (χ2n) is 18.7. The van der Waals surface area contributed by atoms with Gasteiger partial charge in [0.1, 0.15) is 11.2 Å². The molecule has 0 bridgehead atoms. The monoisotopic (exact) mass is 1160 g/mol. The average molecular weight is 1160 g/mol. The molecule has 33 heteroatoms. The number of alkyl carbamates (subject to hydrolysis) is 2. The first kappa shape index (κ1) is 76.1. The van der Waals surface area contributed by atoms with Gasteiger partial charge >= 0.3 is 63.6 Å². The Morgan fingerprint density at radius 2 is 0.866 bits per heavy atom. The van der Waals surface area contributed by atoms with Crippen molar-refractivity contribution in [1.82, 2.24) is 10.6 Å². The SMILES string of the molecule is CC(C)(CN)COS(=O)(=O)CCCS(=O)(=O)O.CC(C)(CNC(=O)OC(C)(C)C)COS(=O)(=O)CCCS(=O)(=O)[O-].CC(C)(CO)CNC(=O)OC(C)(C)C.O=S(=O)(Cl)CCCS(=O)(=O)Cl.[K+]. The van der Waals surface area contributed by atoms with Crippen LogP contribution in [0.1, 0.15) is 102 Å². The summed E-state index contributed by atoms with van der Waals surface area (Å²) in [5.41, 5.74) is 2.81. The van der Waals surface area contributed by atoms with Crippen LogP contribution in [0.5, 0.6) is 0 Å². The first-order valence-corrected chi connectivity index (χ1v) is 30.9. The largest absolute Gasteiger partial charge is 1.00 e. The second kappa shape index (κ2) is 32.4. The summed E-state index contributed by atoms with van der Waals surface area (Å²) >= 11 is 0. The molecule has 24 nitrogen and oxygen atoms in total. The van der Waals surface area contributed by atoms with Gasteiger partial charge in [0.25, 0.3) is 30.4 Å². The zero-order valence-corrected chi connectivity index (χ0v) is 50.1. The molecule has 0 saturated carbocycles.